The van der Waals surface area contributed by atoms with Gasteiger partial charge in [-0.05, 0) is 48.6 Å². The molecule has 0 heterocycles. The van der Waals surface area contributed by atoms with Crippen LogP contribution in [0.15, 0.2) is 42.0 Å². The van der Waals surface area contributed by atoms with Crippen molar-refractivity contribution in [1.29, 1.82) is 0 Å². The number of carbonyl (C=O) groups is 1. The lowest BCUT2D eigenvalue weighted by Crippen LogP contribution is -2.24. The second-order valence-corrected chi connectivity index (χ2v) is 7.22. The predicted molar refractivity (Wildman–Crippen MR) is 105 cm³/mol. The van der Waals surface area contributed by atoms with Gasteiger partial charge in [-0.1, -0.05) is 50.2 Å². The quantitative estimate of drug-likeness (QED) is 0.725. The summed E-state index contributed by atoms with van der Waals surface area (Å²) in [4.78, 5) is 12.5. The summed E-state index contributed by atoms with van der Waals surface area (Å²) < 4.78 is 11.0. The minimum absolute atomic E-state index is 0.252. The lowest BCUT2D eigenvalue weighted by molar-refractivity contribution is -0.139. The van der Waals surface area contributed by atoms with Crippen LogP contribution in [0, 0.1) is 6.92 Å². The van der Waals surface area contributed by atoms with E-state index in [1.165, 1.54) is 11.1 Å². The van der Waals surface area contributed by atoms with Crippen molar-refractivity contribution in [3.63, 3.8) is 0 Å². The first-order valence-corrected chi connectivity index (χ1v) is 9.04. The molecular weight excluding hydrogens is 324 g/mol. The van der Waals surface area contributed by atoms with Crippen LogP contribution in [0.5, 0.6) is 5.75 Å². The van der Waals surface area contributed by atoms with Crippen LogP contribution >= 0.6 is 0 Å². The summed E-state index contributed by atoms with van der Waals surface area (Å²) in [5.41, 5.74) is 5.99. The van der Waals surface area contributed by atoms with Crippen LogP contribution in [0.3, 0.4) is 0 Å². The maximum atomic E-state index is 12.5. The molecule has 0 unspecified atom stereocenters. The molecule has 0 radical (unpaired) electrons. The van der Waals surface area contributed by atoms with Crippen molar-refractivity contribution in [3.8, 4) is 5.75 Å². The molecule has 136 valence electrons. The molecule has 1 aliphatic rings. The third kappa shape index (κ3) is 3.03. The number of hydrogen-bond donors (Lipinski definition) is 0. The first-order chi connectivity index (χ1) is 12.4. The summed E-state index contributed by atoms with van der Waals surface area (Å²) in [7, 11) is 1.69. The molecule has 2 aromatic rings. The summed E-state index contributed by atoms with van der Waals surface area (Å²) >= 11 is 0. The molecule has 1 aliphatic carbocycles. The van der Waals surface area contributed by atoms with E-state index < -0.39 is 5.41 Å². The van der Waals surface area contributed by atoms with Crippen molar-refractivity contribution in [3.05, 3.63) is 69.8 Å². The summed E-state index contributed by atoms with van der Waals surface area (Å²) in [5, 5.41) is 0. The topological polar surface area (TPSA) is 35.5 Å². The Bertz CT molecular complexity index is 861. The molecule has 0 atom stereocenters. The second kappa shape index (κ2) is 6.99. The minimum atomic E-state index is -0.409. The zero-order chi connectivity index (χ0) is 18.9. The zero-order valence-corrected chi connectivity index (χ0v) is 16.2. The Morgan fingerprint density at radius 3 is 2.46 bits per heavy atom. The van der Waals surface area contributed by atoms with Gasteiger partial charge in [0.05, 0.1) is 13.7 Å². The molecule has 3 nitrogen and oxygen atoms in total. The number of hydrogen-bond acceptors (Lipinski definition) is 3. The van der Waals surface area contributed by atoms with E-state index in [0.717, 1.165) is 28.9 Å². The van der Waals surface area contributed by atoms with E-state index in [-0.39, 0.29) is 5.97 Å². The Kier molecular flexibility index (Phi) is 4.90. The van der Waals surface area contributed by atoms with E-state index in [0.29, 0.717) is 12.2 Å². The molecule has 0 fully saturated rings. The third-order valence-corrected chi connectivity index (χ3v) is 5.25. The molecule has 3 rings (SSSR count). The Labute approximate surface area is 155 Å². The number of rotatable bonds is 5. The number of carbonyl (C=O) groups excluding carboxylic acids is 1. The average molecular weight is 350 g/mol. The van der Waals surface area contributed by atoms with Gasteiger partial charge >= 0.3 is 5.97 Å². The molecule has 0 N–H and O–H groups in total. The summed E-state index contributed by atoms with van der Waals surface area (Å²) in [5.74, 6) is 0.596. The lowest BCUT2D eigenvalue weighted by Gasteiger charge is -2.25. The van der Waals surface area contributed by atoms with Gasteiger partial charge in [0.1, 0.15) is 5.75 Å². The van der Waals surface area contributed by atoms with Crippen LogP contribution < -0.4 is 4.74 Å². The number of esters is 1. The van der Waals surface area contributed by atoms with Crippen LogP contribution in [0.1, 0.15) is 48.6 Å². The Morgan fingerprint density at radius 2 is 1.85 bits per heavy atom. The summed E-state index contributed by atoms with van der Waals surface area (Å²) in [6.07, 6.45) is 2.77. The third-order valence-electron chi connectivity index (χ3n) is 5.25. The molecular formula is C23H26O3. The smallest absolute Gasteiger partial charge is 0.334 e. The maximum Gasteiger partial charge on any atom is 0.334 e. The number of fused-ring (bicyclic) bond motifs is 1. The van der Waals surface area contributed by atoms with Crippen LogP contribution in [0.2, 0.25) is 0 Å². The minimum Gasteiger partial charge on any atom is -0.496 e. The van der Waals surface area contributed by atoms with Crippen molar-refractivity contribution in [2.24, 2.45) is 0 Å². The monoisotopic (exact) mass is 350 g/mol. The van der Waals surface area contributed by atoms with E-state index in [2.05, 4.69) is 51.1 Å². The number of benzene rings is 2. The van der Waals surface area contributed by atoms with Crippen LogP contribution in [0.25, 0.3) is 6.08 Å². The average Bonchev–Trinajstić information content (AvgIpc) is 2.88. The molecule has 3 heteroatoms. The molecule has 0 spiro atoms. The maximum absolute atomic E-state index is 12.5. The molecule has 2 aromatic carbocycles. The van der Waals surface area contributed by atoms with Crippen molar-refractivity contribution in [1.82, 2.24) is 0 Å². The molecule has 0 aromatic heterocycles. The largest absolute Gasteiger partial charge is 0.496 e. The summed E-state index contributed by atoms with van der Waals surface area (Å²) in [6.45, 7) is 8.43. The van der Waals surface area contributed by atoms with Gasteiger partial charge in [0.2, 0.25) is 0 Å². The first kappa shape index (κ1) is 18.2. The van der Waals surface area contributed by atoms with Crippen molar-refractivity contribution in [2.75, 3.05) is 13.7 Å². The fourth-order valence-corrected chi connectivity index (χ4v) is 3.75. The fourth-order valence-electron chi connectivity index (χ4n) is 3.75. The molecule has 0 saturated heterocycles. The zero-order valence-electron chi connectivity index (χ0n) is 16.2. The van der Waals surface area contributed by atoms with Crippen molar-refractivity contribution in [2.45, 2.75) is 39.5 Å². The van der Waals surface area contributed by atoms with Crippen LogP contribution in [-0.2, 0) is 21.4 Å². The standard InChI is InChI=1S/C23H26O3/c1-6-26-22(24)20-14-18-19(23(20,3)4)13-17(15(2)21(18)25-5)12-16-10-8-7-9-11-16/h7-11,13-14H,6,12H2,1-5H3. The van der Waals surface area contributed by atoms with E-state index in [9.17, 15) is 4.79 Å². The molecule has 0 amide bonds. The van der Waals surface area contributed by atoms with Gasteiger partial charge in [-0.15, -0.1) is 0 Å². The van der Waals surface area contributed by atoms with E-state index in [1.54, 1.807) is 7.11 Å². The molecule has 0 saturated carbocycles. The summed E-state index contributed by atoms with van der Waals surface area (Å²) in [6, 6.07) is 12.6. The number of methoxy groups -OCH3 is 1. The highest BCUT2D eigenvalue weighted by Gasteiger charge is 2.39. The van der Waals surface area contributed by atoms with E-state index >= 15 is 0 Å². The van der Waals surface area contributed by atoms with Gasteiger partial charge in [0, 0.05) is 16.6 Å². The molecule has 0 aliphatic heterocycles. The Balaban J connectivity index is 2.10. The molecule has 0 bridgehead atoms. The Hall–Kier alpha value is -2.55. The highest BCUT2D eigenvalue weighted by molar-refractivity contribution is 6.00. The number of ether oxygens (including phenoxy) is 2. The highest BCUT2D eigenvalue weighted by atomic mass is 16.5. The van der Waals surface area contributed by atoms with Crippen LogP contribution in [-0.4, -0.2) is 19.7 Å². The van der Waals surface area contributed by atoms with Gasteiger partial charge < -0.3 is 9.47 Å². The van der Waals surface area contributed by atoms with Gasteiger partial charge in [0.15, 0.2) is 0 Å². The SMILES string of the molecule is CCOC(=O)C1=Cc2c(cc(Cc3ccccc3)c(C)c2OC)C1(C)C. The molecule has 26 heavy (non-hydrogen) atoms. The normalized spacial score (nSPS) is 14.6. The van der Waals surface area contributed by atoms with E-state index in [1.807, 2.05) is 19.1 Å². The highest BCUT2D eigenvalue weighted by Crippen LogP contribution is 2.47. The van der Waals surface area contributed by atoms with Crippen molar-refractivity contribution >= 4 is 12.0 Å². The van der Waals surface area contributed by atoms with E-state index in [4.69, 9.17) is 9.47 Å². The second-order valence-electron chi connectivity index (χ2n) is 7.22. The van der Waals surface area contributed by atoms with Gasteiger partial charge in [-0.2, -0.15) is 0 Å². The van der Waals surface area contributed by atoms with Gasteiger partial charge in [-0.25, -0.2) is 4.79 Å². The fraction of sp³-hybridized carbons (Fsp3) is 0.348. The first-order valence-electron chi connectivity index (χ1n) is 9.04. The predicted octanol–water partition coefficient (Wildman–Crippen LogP) is 4.83. The van der Waals surface area contributed by atoms with Crippen LogP contribution in [0.4, 0.5) is 0 Å². The Morgan fingerprint density at radius 1 is 1.15 bits per heavy atom. The van der Waals surface area contributed by atoms with Gasteiger partial charge in [0.25, 0.3) is 0 Å². The van der Waals surface area contributed by atoms with Crippen molar-refractivity contribution < 1.29 is 14.3 Å². The lowest BCUT2D eigenvalue weighted by atomic mass is 9.79. The van der Waals surface area contributed by atoms with Gasteiger partial charge in [-0.3, -0.25) is 0 Å².